The Morgan fingerprint density at radius 3 is 2.48 bits per heavy atom. The fraction of sp³-hybridized carbons (Fsp3) is 0.190. The monoisotopic (exact) mass is 431 g/mol. The summed E-state index contributed by atoms with van der Waals surface area (Å²) in [7, 11) is 2.91. The molecule has 0 saturated heterocycles. The zero-order chi connectivity index (χ0) is 22.6. The van der Waals surface area contributed by atoms with Gasteiger partial charge < -0.3 is 20.7 Å². The van der Waals surface area contributed by atoms with Gasteiger partial charge in [-0.05, 0) is 36.8 Å². The molecule has 0 atom stereocenters. The minimum atomic E-state index is -4.70. The molecule has 0 unspecified atom stereocenters. The highest BCUT2D eigenvalue weighted by molar-refractivity contribution is 6.00. The molecule has 31 heavy (non-hydrogen) atoms. The normalized spacial score (nSPS) is 11.0. The number of nitrogens with one attached hydrogen (secondary N) is 3. The number of amides is 1. The predicted octanol–water partition coefficient (Wildman–Crippen LogP) is 4.66. The molecule has 3 rings (SSSR count). The lowest BCUT2D eigenvalue weighted by molar-refractivity contribution is -0.137. The van der Waals surface area contributed by atoms with Crippen molar-refractivity contribution in [3.63, 3.8) is 0 Å². The number of ether oxygens (including phenoxy) is 1. The van der Waals surface area contributed by atoms with Crippen molar-refractivity contribution in [2.45, 2.75) is 13.1 Å². The van der Waals surface area contributed by atoms with Crippen molar-refractivity contribution in [1.29, 1.82) is 0 Å². The highest BCUT2D eigenvalue weighted by Crippen LogP contribution is 2.36. The molecule has 2 aromatic carbocycles. The minimum Gasteiger partial charge on any atom is -0.495 e. The number of nitrogens with zero attached hydrogens (tertiary/aromatic N) is 2. The van der Waals surface area contributed by atoms with Crippen molar-refractivity contribution in [3.8, 4) is 5.75 Å². The van der Waals surface area contributed by atoms with E-state index in [1.807, 2.05) is 13.0 Å². The van der Waals surface area contributed by atoms with Gasteiger partial charge in [0, 0.05) is 13.2 Å². The highest BCUT2D eigenvalue weighted by atomic mass is 19.4. The third-order valence-corrected chi connectivity index (χ3v) is 4.35. The van der Waals surface area contributed by atoms with Gasteiger partial charge in [0.05, 0.1) is 24.0 Å². The molecule has 0 fully saturated rings. The third kappa shape index (κ3) is 5.03. The summed E-state index contributed by atoms with van der Waals surface area (Å²) in [6, 6.07) is 11.5. The molecule has 1 aromatic heterocycles. The van der Waals surface area contributed by atoms with E-state index in [1.165, 1.54) is 26.3 Å². The molecular weight excluding hydrogens is 411 g/mol. The number of hydrogen-bond donors (Lipinski definition) is 3. The maximum Gasteiger partial charge on any atom is 0.421 e. The standard InChI is InChI=1S/C21H20F3N5O2/c1-12-8-9-16(17(10-12)31-3)28-20-26-11-14(21(22,23)24)18(29-20)27-15-7-5-4-6-13(15)19(30)25-2/h4-11H,1-3H3,(H,25,30)(H2,26,27,28,29). The number of carbonyl (C=O) groups excluding carboxylic acids is 1. The fourth-order valence-electron chi connectivity index (χ4n) is 2.82. The summed E-state index contributed by atoms with van der Waals surface area (Å²) in [4.78, 5) is 19.9. The molecule has 0 bridgehead atoms. The fourth-order valence-corrected chi connectivity index (χ4v) is 2.82. The summed E-state index contributed by atoms with van der Waals surface area (Å²) in [5.41, 5.74) is 0.713. The number of rotatable bonds is 6. The first-order valence-electron chi connectivity index (χ1n) is 9.17. The number of hydrogen-bond acceptors (Lipinski definition) is 6. The molecule has 3 aromatic rings. The molecule has 3 N–H and O–H groups in total. The SMILES string of the molecule is CNC(=O)c1ccccc1Nc1nc(Nc2ccc(C)cc2OC)ncc1C(F)(F)F. The van der Waals surface area contributed by atoms with E-state index in [0.717, 1.165) is 5.56 Å². The van der Waals surface area contributed by atoms with Crippen LogP contribution in [0, 0.1) is 6.92 Å². The van der Waals surface area contributed by atoms with Gasteiger partial charge in [-0.25, -0.2) is 4.98 Å². The van der Waals surface area contributed by atoms with Crippen LogP contribution in [0.4, 0.5) is 36.3 Å². The smallest absolute Gasteiger partial charge is 0.421 e. The Morgan fingerprint density at radius 2 is 1.81 bits per heavy atom. The van der Waals surface area contributed by atoms with Crippen molar-refractivity contribution in [2.24, 2.45) is 0 Å². The summed E-state index contributed by atoms with van der Waals surface area (Å²) in [5, 5.41) is 7.95. The molecule has 0 radical (unpaired) electrons. The second kappa shape index (κ2) is 8.90. The van der Waals surface area contributed by atoms with Gasteiger partial charge in [-0.2, -0.15) is 18.2 Å². The van der Waals surface area contributed by atoms with E-state index in [9.17, 15) is 18.0 Å². The van der Waals surface area contributed by atoms with Gasteiger partial charge in [0.2, 0.25) is 5.95 Å². The average molecular weight is 431 g/mol. The van der Waals surface area contributed by atoms with Crippen LogP contribution in [-0.2, 0) is 6.18 Å². The second-order valence-electron chi connectivity index (χ2n) is 6.53. The number of alkyl halides is 3. The Morgan fingerprint density at radius 1 is 1.06 bits per heavy atom. The number of anilines is 4. The Hall–Kier alpha value is -3.82. The van der Waals surface area contributed by atoms with Crippen molar-refractivity contribution in [2.75, 3.05) is 24.8 Å². The first kappa shape index (κ1) is 21.9. The first-order chi connectivity index (χ1) is 14.7. The van der Waals surface area contributed by atoms with E-state index in [2.05, 4.69) is 25.9 Å². The number of halogens is 3. The van der Waals surface area contributed by atoms with Crippen LogP contribution in [0.1, 0.15) is 21.5 Å². The van der Waals surface area contributed by atoms with Crippen LogP contribution < -0.4 is 20.7 Å². The maximum absolute atomic E-state index is 13.6. The van der Waals surface area contributed by atoms with Gasteiger partial charge >= 0.3 is 6.18 Å². The summed E-state index contributed by atoms with van der Waals surface area (Å²) in [5.74, 6) is -0.529. The van der Waals surface area contributed by atoms with Crippen LogP contribution in [0.3, 0.4) is 0 Å². The lowest BCUT2D eigenvalue weighted by Gasteiger charge is -2.17. The number of aryl methyl sites for hydroxylation is 1. The van der Waals surface area contributed by atoms with Gasteiger partial charge in [0.1, 0.15) is 17.1 Å². The molecule has 0 aliphatic carbocycles. The van der Waals surface area contributed by atoms with Gasteiger partial charge in [-0.15, -0.1) is 0 Å². The lowest BCUT2D eigenvalue weighted by Crippen LogP contribution is -2.20. The number of methoxy groups -OCH3 is 1. The number of benzene rings is 2. The second-order valence-corrected chi connectivity index (χ2v) is 6.53. The molecule has 0 spiro atoms. The van der Waals surface area contributed by atoms with E-state index >= 15 is 0 Å². The zero-order valence-electron chi connectivity index (χ0n) is 17.0. The molecule has 1 amide bonds. The maximum atomic E-state index is 13.6. The van der Waals surface area contributed by atoms with Crippen molar-refractivity contribution in [3.05, 3.63) is 65.4 Å². The summed E-state index contributed by atoms with van der Waals surface area (Å²) < 4.78 is 46.0. The van der Waals surface area contributed by atoms with E-state index < -0.39 is 23.5 Å². The van der Waals surface area contributed by atoms with Gasteiger partial charge in [0.15, 0.2) is 0 Å². The number of carbonyl (C=O) groups is 1. The van der Waals surface area contributed by atoms with Gasteiger partial charge in [-0.1, -0.05) is 18.2 Å². The van der Waals surface area contributed by atoms with Crippen LogP contribution in [-0.4, -0.2) is 30.0 Å². The Bertz CT molecular complexity index is 1100. The van der Waals surface area contributed by atoms with Crippen LogP contribution in [0.25, 0.3) is 0 Å². The van der Waals surface area contributed by atoms with Crippen molar-refractivity contribution in [1.82, 2.24) is 15.3 Å². The molecule has 0 aliphatic rings. The first-order valence-corrected chi connectivity index (χ1v) is 9.17. The van der Waals surface area contributed by atoms with Gasteiger partial charge in [0.25, 0.3) is 5.91 Å². The zero-order valence-corrected chi connectivity index (χ0v) is 17.0. The lowest BCUT2D eigenvalue weighted by atomic mass is 10.1. The number of para-hydroxylation sites is 1. The highest BCUT2D eigenvalue weighted by Gasteiger charge is 2.35. The quantitative estimate of drug-likeness (QED) is 0.526. The number of aromatic nitrogens is 2. The van der Waals surface area contributed by atoms with Crippen molar-refractivity contribution < 1.29 is 22.7 Å². The van der Waals surface area contributed by atoms with Crippen molar-refractivity contribution >= 4 is 29.0 Å². The largest absolute Gasteiger partial charge is 0.495 e. The van der Waals surface area contributed by atoms with Crippen LogP contribution in [0.15, 0.2) is 48.7 Å². The van der Waals surface area contributed by atoms with E-state index in [0.29, 0.717) is 17.6 Å². The third-order valence-electron chi connectivity index (χ3n) is 4.35. The molecule has 162 valence electrons. The summed E-state index contributed by atoms with van der Waals surface area (Å²) in [6.45, 7) is 1.88. The summed E-state index contributed by atoms with van der Waals surface area (Å²) >= 11 is 0. The Labute approximate surface area is 176 Å². The van der Waals surface area contributed by atoms with Crippen LogP contribution >= 0.6 is 0 Å². The Balaban J connectivity index is 2.02. The van der Waals surface area contributed by atoms with Gasteiger partial charge in [-0.3, -0.25) is 4.79 Å². The molecule has 0 saturated carbocycles. The summed E-state index contributed by atoms with van der Waals surface area (Å²) in [6.07, 6.45) is -4.02. The molecule has 10 heteroatoms. The van der Waals surface area contributed by atoms with E-state index in [4.69, 9.17) is 4.74 Å². The molecule has 7 nitrogen and oxygen atoms in total. The van der Waals surface area contributed by atoms with Crippen LogP contribution in [0.5, 0.6) is 5.75 Å². The molecular formula is C21H20F3N5O2. The van der Waals surface area contributed by atoms with Crippen LogP contribution in [0.2, 0.25) is 0 Å². The average Bonchev–Trinajstić information content (AvgIpc) is 2.74. The topological polar surface area (TPSA) is 88.2 Å². The van der Waals surface area contributed by atoms with E-state index in [-0.39, 0.29) is 17.2 Å². The minimum absolute atomic E-state index is 0.0740. The molecule has 1 heterocycles. The van der Waals surface area contributed by atoms with E-state index in [1.54, 1.807) is 24.3 Å². The molecule has 0 aliphatic heterocycles. The Kier molecular flexibility index (Phi) is 6.28. The predicted molar refractivity (Wildman–Crippen MR) is 111 cm³/mol.